The minimum atomic E-state index is -0.944. The number of aliphatic hydroxyl groups is 1. The van der Waals surface area contributed by atoms with Gasteiger partial charge in [-0.15, -0.1) is 18.3 Å². The summed E-state index contributed by atoms with van der Waals surface area (Å²) < 4.78 is 5.42. The van der Waals surface area contributed by atoms with Crippen LogP contribution < -0.4 is 0 Å². The van der Waals surface area contributed by atoms with Crippen molar-refractivity contribution in [1.82, 2.24) is 0 Å². The molecule has 0 aromatic carbocycles. The van der Waals surface area contributed by atoms with E-state index < -0.39 is 6.10 Å². The Balaban J connectivity index is 2.43. The second-order valence-electron chi connectivity index (χ2n) is 3.01. The average molecular weight is 202 g/mol. The molecule has 0 unspecified atom stereocenters. The molecule has 13 heavy (non-hydrogen) atoms. The van der Waals surface area contributed by atoms with Gasteiger partial charge in [0, 0.05) is 12.2 Å². The highest BCUT2D eigenvalue weighted by molar-refractivity contribution is 7.99. The molecule has 0 aromatic rings. The number of ketones is 1. The lowest BCUT2D eigenvalue weighted by Gasteiger charge is -2.30. The van der Waals surface area contributed by atoms with Crippen molar-refractivity contribution in [2.45, 2.75) is 31.0 Å². The summed E-state index contributed by atoms with van der Waals surface area (Å²) in [7, 11) is 0. The van der Waals surface area contributed by atoms with E-state index in [1.54, 1.807) is 13.0 Å². The van der Waals surface area contributed by atoms with Gasteiger partial charge in [-0.05, 0) is 6.92 Å². The molecule has 1 heterocycles. The number of carbonyl (C=O) groups is 1. The van der Waals surface area contributed by atoms with E-state index in [1.807, 2.05) is 0 Å². The maximum absolute atomic E-state index is 11.2. The van der Waals surface area contributed by atoms with Crippen molar-refractivity contribution in [3.63, 3.8) is 0 Å². The Morgan fingerprint density at radius 2 is 2.54 bits per heavy atom. The third kappa shape index (κ3) is 2.83. The molecular weight excluding hydrogens is 188 g/mol. The van der Waals surface area contributed by atoms with Gasteiger partial charge in [0.05, 0.1) is 6.10 Å². The van der Waals surface area contributed by atoms with E-state index in [9.17, 15) is 9.90 Å². The first kappa shape index (κ1) is 10.8. The first-order valence-electron chi connectivity index (χ1n) is 4.24. The Kier molecular flexibility index (Phi) is 3.96. The van der Waals surface area contributed by atoms with E-state index in [0.717, 1.165) is 5.75 Å². The van der Waals surface area contributed by atoms with Crippen LogP contribution in [0.4, 0.5) is 0 Å². The van der Waals surface area contributed by atoms with Crippen molar-refractivity contribution in [2.75, 3.05) is 5.75 Å². The third-order valence-electron chi connectivity index (χ3n) is 1.91. The van der Waals surface area contributed by atoms with Gasteiger partial charge in [0.25, 0.3) is 0 Å². The van der Waals surface area contributed by atoms with Gasteiger partial charge in [-0.3, -0.25) is 4.79 Å². The molecule has 3 atom stereocenters. The Labute approximate surface area is 82.2 Å². The summed E-state index contributed by atoms with van der Waals surface area (Å²) in [5.41, 5.74) is -0.121. The fourth-order valence-corrected chi connectivity index (χ4v) is 2.07. The molecule has 0 radical (unpaired) electrons. The van der Waals surface area contributed by atoms with E-state index in [-0.39, 0.29) is 17.3 Å². The van der Waals surface area contributed by atoms with Crippen LogP contribution in [-0.4, -0.2) is 34.3 Å². The molecule has 1 aliphatic heterocycles. The van der Waals surface area contributed by atoms with Gasteiger partial charge in [-0.25, -0.2) is 0 Å². The van der Waals surface area contributed by atoms with Crippen LogP contribution in [0, 0.1) is 0 Å². The van der Waals surface area contributed by atoms with E-state index in [1.165, 1.54) is 11.8 Å². The summed E-state index contributed by atoms with van der Waals surface area (Å²) in [6, 6.07) is 0. The lowest BCUT2D eigenvalue weighted by molar-refractivity contribution is -0.147. The first-order valence-corrected chi connectivity index (χ1v) is 5.28. The summed E-state index contributed by atoms with van der Waals surface area (Å²) in [4.78, 5) is 11.2. The molecule has 1 saturated heterocycles. The fraction of sp³-hybridized carbons (Fsp3) is 0.667. The van der Waals surface area contributed by atoms with Crippen LogP contribution in [0.2, 0.25) is 0 Å². The van der Waals surface area contributed by atoms with Gasteiger partial charge in [0.15, 0.2) is 5.78 Å². The molecule has 3 nitrogen and oxygen atoms in total. The highest BCUT2D eigenvalue weighted by atomic mass is 32.2. The highest BCUT2D eigenvalue weighted by Crippen LogP contribution is 2.25. The Hall–Kier alpha value is -0.320. The van der Waals surface area contributed by atoms with Crippen LogP contribution in [0.1, 0.15) is 13.3 Å². The standard InChI is InChI=1S/C9H14O3S/c1-3-4-13-8-5-7(10)9(11)6(2)12-8/h3,6,8-9,11H,1,4-5H2,2H3/t6-,8-,9-/m0/s1. The number of carbonyl (C=O) groups excluding carboxylic acids is 1. The second kappa shape index (κ2) is 4.79. The molecule has 0 saturated carbocycles. The van der Waals surface area contributed by atoms with Crippen molar-refractivity contribution in [1.29, 1.82) is 0 Å². The molecule has 0 bridgehead atoms. The largest absolute Gasteiger partial charge is 0.383 e. The topological polar surface area (TPSA) is 46.5 Å². The molecule has 0 aromatic heterocycles. The number of hydrogen-bond donors (Lipinski definition) is 1. The lowest BCUT2D eigenvalue weighted by atomic mass is 10.1. The van der Waals surface area contributed by atoms with Crippen LogP contribution in [-0.2, 0) is 9.53 Å². The van der Waals surface area contributed by atoms with Crippen molar-refractivity contribution in [3.8, 4) is 0 Å². The molecule has 1 fully saturated rings. The predicted octanol–water partition coefficient (Wildman–Crippen LogP) is 0.970. The summed E-state index contributed by atoms with van der Waals surface area (Å²) in [5, 5.41) is 9.29. The predicted molar refractivity (Wildman–Crippen MR) is 52.6 cm³/mol. The average Bonchev–Trinajstić information content (AvgIpc) is 2.10. The maximum atomic E-state index is 11.2. The molecule has 0 spiro atoms. The summed E-state index contributed by atoms with van der Waals surface area (Å²) in [6.45, 7) is 5.30. The summed E-state index contributed by atoms with van der Waals surface area (Å²) >= 11 is 1.53. The minimum Gasteiger partial charge on any atom is -0.383 e. The lowest BCUT2D eigenvalue weighted by Crippen LogP contribution is -2.42. The van der Waals surface area contributed by atoms with Gasteiger partial charge in [0.1, 0.15) is 11.5 Å². The second-order valence-corrected chi connectivity index (χ2v) is 4.20. The van der Waals surface area contributed by atoms with Crippen molar-refractivity contribution in [3.05, 3.63) is 12.7 Å². The van der Waals surface area contributed by atoms with E-state index in [4.69, 9.17) is 4.74 Å². The van der Waals surface area contributed by atoms with Crippen LogP contribution in [0.3, 0.4) is 0 Å². The van der Waals surface area contributed by atoms with Gasteiger partial charge in [0.2, 0.25) is 0 Å². The summed E-state index contributed by atoms with van der Waals surface area (Å²) in [6.07, 6.45) is 0.738. The number of Topliss-reactive ketones (excluding diaryl/α,β-unsaturated/α-hetero) is 1. The molecule has 1 N–H and O–H groups in total. The van der Waals surface area contributed by atoms with Crippen LogP contribution in [0.25, 0.3) is 0 Å². The van der Waals surface area contributed by atoms with Crippen molar-refractivity contribution < 1.29 is 14.6 Å². The molecule has 0 aliphatic carbocycles. The van der Waals surface area contributed by atoms with E-state index >= 15 is 0 Å². The molecule has 1 rings (SSSR count). The number of aliphatic hydroxyl groups excluding tert-OH is 1. The number of thioether (sulfide) groups is 1. The van der Waals surface area contributed by atoms with Gasteiger partial charge < -0.3 is 9.84 Å². The van der Waals surface area contributed by atoms with Crippen LogP contribution in [0.15, 0.2) is 12.7 Å². The van der Waals surface area contributed by atoms with Crippen LogP contribution >= 0.6 is 11.8 Å². The van der Waals surface area contributed by atoms with Crippen molar-refractivity contribution >= 4 is 17.5 Å². The Bertz CT molecular complexity index is 205. The molecular formula is C9H14O3S. The minimum absolute atomic E-state index is 0.121. The Morgan fingerprint density at radius 3 is 3.08 bits per heavy atom. The zero-order chi connectivity index (χ0) is 9.84. The summed E-state index contributed by atoms with van der Waals surface area (Å²) in [5.74, 6) is 0.640. The van der Waals surface area contributed by atoms with Crippen LogP contribution in [0.5, 0.6) is 0 Å². The van der Waals surface area contributed by atoms with Crippen molar-refractivity contribution in [2.24, 2.45) is 0 Å². The fourth-order valence-electron chi connectivity index (χ4n) is 1.18. The monoisotopic (exact) mass is 202 g/mol. The Morgan fingerprint density at radius 1 is 1.85 bits per heavy atom. The zero-order valence-electron chi connectivity index (χ0n) is 7.60. The smallest absolute Gasteiger partial charge is 0.167 e. The number of rotatable bonds is 3. The van der Waals surface area contributed by atoms with Gasteiger partial charge in [-0.1, -0.05) is 6.08 Å². The van der Waals surface area contributed by atoms with E-state index in [2.05, 4.69) is 6.58 Å². The van der Waals surface area contributed by atoms with Gasteiger partial charge in [-0.2, -0.15) is 0 Å². The molecule has 4 heteroatoms. The number of hydrogen-bond acceptors (Lipinski definition) is 4. The van der Waals surface area contributed by atoms with E-state index in [0.29, 0.717) is 6.42 Å². The SMILES string of the molecule is C=CCS[C@H]1CC(=O)[C@@H](O)[C@H](C)O1. The number of ether oxygens (including phenoxy) is 1. The quantitative estimate of drug-likeness (QED) is 0.693. The first-order chi connectivity index (χ1) is 6.15. The maximum Gasteiger partial charge on any atom is 0.167 e. The van der Waals surface area contributed by atoms with Gasteiger partial charge >= 0.3 is 0 Å². The molecule has 74 valence electrons. The normalized spacial score (nSPS) is 34.6. The molecule has 0 amide bonds. The molecule has 1 aliphatic rings. The third-order valence-corrected chi connectivity index (χ3v) is 2.99. The zero-order valence-corrected chi connectivity index (χ0v) is 8.42. The highest BCUT2D eigenvalue weighted by Gasteiger charge is 2.33.